The molecule has 0 aliphatic carbocycles. The first-order valence-electron chi connectivity index (χ1n) is 5.14. The molecule has 2 rings (SSSR count). The number of nitrogens with two attached hydrogens (primary N) is 1. The maximum absolute atomic E-state index is 12.0. The van der Waals surface area contributed by atoms with E-state index in [0.717, 1.165) is 0 Å². The maximum atomic E-state index is 12.0. The van der Waals surface area contributed by atoms with Crippen molar-refractivity contribution in [3.05, 3.63) is 51.1 Å². The van der Waals surface area contributed by atoms with Crippen LogP contribution in [0.5, 0.6) is 0 Å². The number of halogens is 3. The highest BCUT2D eigenvalue weighted by Crippen LogP contribution is 2.23. The van der Waals surface area contributed by atoms with E-state index in [9.17, 15) is 4.79 Å². The average molecular weight is 317 g/mol. The molecule has 19 heavy (non-hydrogen) atoms. The van der Waals surface area contributed by atoms with E-state index < -0.39 is 0 Å². The van der Waals surface area contributed by atoms with Crippen molar-refractivity contribution >= 4 is 52.2 Å². The lowest BCUT2D eigenvalue weighted by molar-refractivity contribution is 0.102. The Labute approximate surface area is 124 Å². The van der Waals surface area contributed by atoms with Crippen LogP contribution in [0.4, 0.5) is 11.5 Å². The molecule has 4 nitrogen and oxygen atoms in total. The summed E-state index contributed by atoms with van der Waals surface area (Å²) in [4.78, 5) is 15.8. The van der Waals surface area contributed by atoms with Gasteiger partial charge in [-0.15, -0.1) is 0 Å². The molecule has 1 aromatic carbocycles. The van der Waals surface area contributed by atoms with Gasteiger partial charge in [0.25, 0.3) is 5.91 Å². The molecule has 0 radical (unpaired) electrons. The molecule has 0 fully saturated rings. The zero-order valence-electron chi connectivity index (χ0n) is 9.45. The Hall–Kier alpha value is -1.49. The molecule has 1 aromatic heterocycles. The summed E-state index contributed by atoms with van der Waals surface area (Å²) in [6, 6.07) is 7.57. The number of hydrogen-bond acceptors (Lipinski definition) is 3. The van der Waals surface area contributed by atoms with E-state index in [1.54, 1.807) is 18.2 Å². The number of anilines is 2. The first-order chi connectivity index (χ1) is 8.94. The Morgan fingerprint density at radius 2 is 1.68 bits per heavy atom. The van der Waals surface area contributed by atoms with Gasteiger partial charge < -0.3 is 11.1 Å². The van der Waals surface area contributed by atoms with Crippen molar-refractivity contribution in [2.45, 2.75) is 0 Å². The smallest absolute Gasteiger partial charge is 0.255 e. The van der Waals surface area contributed by atoms with Crippen LogP contribution in [0.2, 0.25) is 15.2 Å². The first kappa shape index (κ1) is 13.9. The van der Waals surface area contributed by atoms with Crippen molar-refractivity contribution in [2.24, 2.45) is 0 Å². The minimum absolute atomic E-state index is 0.147. The van der Waals surface area contributed by atoms with Gasteiger partial charge in [-0.1, -0.05) is 34.8 Å². The average Bonchev–Trinajstić information content (AvgIpc) is 2.25. The van der Waals surface area contributed by atoms with Gasteiger partial charge in [0, 0.05) is 21.3 Å². The van der Waals surface area contributed by atoms with Gasteiger partial charge in [-0.05, 0) is 30.3 Å². The molecular formula is C12H8Cl3N3O. The second kappa shape index (κ2) is 5.65. The molecule has 7 heteroatoms. The summed E-state index contributed by atoms with van der Waals surface area (Å²) in [7, 11) is 0. The summed E-state index contributed by atoms with van der Waals surface area (Å²) in [6.07, 6.45) is 0. The molecule has 2 aromatic rings. The summed E-state index contributed by atoms with van der Waals surface area (Å²) in [6.45, 7) is 0. The number of rotatable bonds is 2. The highest BCUT2D eigenvalue weighted by Gasteiger charge is 2.09. The van der Waals surface area contributed by atoms with Crippen molar-refractivity contribution in [1.29, 1.82) is 0 Å². The van der Waals surface area contributed by atoms with E-state index in [4.69, 9.17) is 40.5 Å². The van der Waals surface area contributed by atoms with Gasteiger partial charge in [0.05, 0.1) is 0 Å². The molecule has 98 valence electrons. The van der Waals surface area contributed by atoms with Gasteiger partial charge in [-0.25, -0.2) is 4.98 Å². The van der Waals surface area contributed by atoms with E-state index in [0.29, 0.717) is 21.3 Å². The van der Waals surface area contributed by atoms with Crippen LogP contribution in [0.3, 0.4) is 0 Å². The number of pyridine rings is 1. The van der Waals surface area contributed by atoms with Gasteiger partial charge in [0.15, 0.2) is 0 Å². The van der Waals surface area contributed by atoms with Gasteiger partial charge in [0.2, 0.25) is 0 Å². The predicted molar refractivity (Wildman–Crippen MR) is 78.1 cm³/mol. The van der Waals surface area contributed by atoms with Crippen LogP contribution in [-0.4, -0.2) is 10.9 Å². The number of benzene rings is 1. The van der Waals surface area contributed by atoms with E-state index in [1.165, 1.54) is 12.1 Å². The predicted octanol–water partition coefficient (Wildman–Crippen LogP) is 3.88. The molecule has 0 spiro atoms. The Morgan fingerprint density at radius 3 is 2.26 bits per heavy atom. The molecule has 0 saturated carbocycles. The van der Waals surface area contributed by atoms with Crippen molar-refractivity contribution < 1.29 is 4.79 Å². The monoisotopic (exact) mass is 315 g/mol. The number of aromatic nitrogens is 1. The fourth-order valence-corrected chi connectivity index (χ4v) is 2.22. The third-order valence-corrected chi connectivity index (χ3v) is 2.83. The van der Waals surface area contributed by atoms with Crippen LogP contribution in [-0.2, 0) is 0 Å². The summed E-state index contributed by atoms with van der Waals surface area (Å²) in [5.41, 5.74) is 6.30. The highest BCUT2D eigenvalue weighted by atomic mass is 35.5. The summed E-state index contributed by atoms with van der Waals surface area (Å²) >= 11 is 17.4. The molecule has 0 bridgehead atoms. The maximum Gasteiger partial charge on any atom is 0.255 e. The molecular weight excluding hydrogens is 309 g/mol. The van der Waals surface area contributed by atoms with E-state index in [2.05, 4.69) is 10.3 Å². The summed E-state index contributed by atoms with van der Waals surface area (Å²) < 4.78 is 0. The van der Waals surface area contributed by atoms with E-state index in [-0.39, 0.29) is 16.9 Å². The van der Waals surface area contributed by atoms with Gasteiger partial charge in [-0.2, -0.15) is 0 Å². The minimum Gasteiger partial charge on any atom is -0.384 e. The highest BCUT2D eigenvalue weighted by molar-refractivity contribution is 6.35. The van der Waals surface area contributed by atoms with Crippen molar-refractivity contribution in [3.8, 4) is 0 Å². The zero-order valence-corrected chi connectivity index (χ0v) is 11.7. The second-order valence-corrected chi connectivity index (χ2v) is 4.98. The summed E-state index contributed by atoms with van der Waals surface area (Å²) in [5.74, 6) is -0.212. The zero-order chi connectivity index (χ0) is 14.0. The van der Waals surface area contributed by atoms with Crippen LogP contribution in [0.1, 0.15) is 10.4 Å². The molecule has 3 N–H and O–H groups in total. The van der Waals surface area contributed by atoms with E-state index in [1.807, 2.05) is 0 Å². The molecule has 0 aliphatic heterocycles. The molecule has 0 unspecified atom stereocenters. The number of carbonyl (C=O) groups is 1. The standard InChI is InChI=1S/C12H8Cl3N3O/c13-7-3-8(14)5-9(4-7)17-12(19)6-1-10(15)18-11(16)2-6/h1-5H,(H2,16,18)(H,17,19). The van der Waals surface area contributed by atoms with Crippen LogP contribution in [0.25, 0.3) is 0 Å². The fraction of sp³-hybridized carbons (Fsp3) is 0. The second-order valence-electron chi connectivity index (χ2n) is 3.72. The van der Waals surface area contributed by atoms with Crippen molar-refractivity contribution in [1.82, 2.24) is 4.98 Å². The lowest BCUT2D eigenvalue weighted by Gasteiger charge is -2.07. The summed E-state index contributed by atoms with van der Waals surface area (Å²) in [5, 5.41) is 3.64. The number of nitrogen functional groups attached to an aromatic ring is 1. The number of carbonyl (C=O) groups excluding carboxylic acids is 1. The Kier molecular flexibility index (Phi) is 4.14. The van der Waals surface area contributed by atoms with Crippen LogP contribution in [0.15, 0.2) is 30.3 Å². The molecule has 0 aliphatic rings. The minimum atomic E-state index is -0.380. The van der Waals surface area contributed by atoms with Gasteiger partial charge >= 0.3 is 0 Å². The Morgan fingerprint density at radius 1 is 1.05 bits per heavy atom. The van der Waals surface area contributed by atoms with Crippen molar-refractivity contribution in [2.75, 3.05) is 11.1 Å². The Balaban J connectivity index is 2.25. The third kappa shape index (κ3) is 3.73. The van der Waals surface area contributed by atoms with E-state index >= 15 is 0 Å². The lowest BCUT2D eigenvalue weighted by Crippen LogP contribution is -2.12. The van der Waals surface area contributed by atoms with Gasteiger partial charge in [-0.3, -0.25) is 4.79 Å². The number of amides is 1. The number of nitrogens with zero attached hydrogens (tertiary/aromatic N) is 1. The molecule has 1 heterocycles. The van der Waals surface area contributed by atoms with Crippen LogP contribution in [0, 0.1) is 0 Å². The van der Waals surface area contributed by atoms with Crippen LogP contribution >= 0.6 is 34.8 Å². The molecule has 0 saturated heterocycles. The van der Waals surface area contributed by atoms with Gasteiger partial charge in [0.1, 0.15) is 11.0 Å². The fourth-order valence-electron chi connectivity index (χ4n) is 1.48. The topological polar surface area (TPSA) is 68.0 Å². The SMILES string of the molecule is Nc1cc(C(=O)Nc2cc(Cl)cc(Cl)c2)cc(Cl)n1. The van der Waals surface area contributed by atoms with Crippen LogP contribution < -0.4 is 11.1 Å². The molecule has 0 atom stereocenters. The third-order valence-electron chi connectivity index (χ3n) is 2.20. The largest absolute Gasteiger partial charge is 0.384 e. The first-order valence-corrected chi connectivity index (χ1v) is 6.28. The number of hydrogen-bond donors (Lipinski definition) is 2. The van der Waals surface area contributed by atoms with Crippen molar-refractivity contribution in [3.63, 3.8) is 0 Å². The number of nitrogens with one attached hydrogen (secondary N) is 1. The lowest BCUT2D eigenvalue weighted by atomic mass is 10.2. The Bertz CT molecular complexity index is 606. The molecule has 1 amide bonds. The quantitative estimate of drug-likeness (QED) is 0.826. The normalized spacial score (nSPS) is 10.3.